The fourth-order valence-corrected chi connectivity index (χ4v) is 3.87. The Bertz CT molecular complexity index is 1090. The second-order valence-electron chi connectivity index (χ2n) is 5.26. The summed E-state index contributed by atoms with van der Waals surface area (Å²) >= 11 is 1.45. The molecule has 0 saturated carbocycles. The Morgan fingerprint density at radius 3 is 2.62 bits per heavy atom. The highest BCUT2D eigenvalue weighted by Crippen LogP contribution is 2.15. The number of benzene rings is 2. The van der Waals surface area contributed by atoms with Crippen LogP contribution in [-0.2, 0) is 16.9 Å². The monoisotopic (exact) mass is 361 g/mol. The number of para-hydroxylation sites is 1. The van der Waals surface area contributed by atoms with Crippen molar-refractivity contribution in [1.82, 2.24) is 9.99 Å². The summed E-state index contributed by atoms with van der Waals surface area (Å²) < 4.78 is 26.1. The molecule has 0 bridgehead atoms. The Morgan fingerprint density at radius 1 is 1.17 bits per heavy atom. The molecule has 0 unspecified atom stereocenters. The van der Waals surface area contributed by atoms with Crippen molar-refractivity contribution in [3.8, 4) is 0 Å². The van der Waals surface area contributed by atoms with Crippen molar-refractivity contribution in [3.63, 3.8) is 0 Å². The van der Waals surface area contributed by atoms with E-state index in [0.717, 1.165) is 16.5 Å². The molecule has 3 aromatic rings. The van der Waals surface area contributed by atoms with Gasteiger partial charge in [0.05, 0.1) is 15.1 Å². The van der Waals surface area contributed by atoms with Crippen LogP contribution in [0.15, 0.2) is 58.5 Å². The van der Waals surface area contributed by atoms with Gasteiger partial charge in [-0.1, -0.05) is 29.5 Å². The number of carbonyl (C=O) groups excluding carboxylic acids is 1. The van der Waals surface area contributed by atoms with Gasteiger partial charge in [-0.15, -0.1) is 5.10 Å². The molecule has 0 spiro atoms. The second kappa shape index (κ2) is 6.21. The Morgan fingerprint density at radius 2 is 1.92 bits per heavy atom. The van der Waals surface area contributed by atoms with Crippen molar-refractivity contribution in [2.45, 2.75) is 4.90 Å². The summed E-state index contributed by atoms with van der Waals surface area (Å²) in [6, 6.07) is 13.7. The zero-order chi connectivity index (χ0) is 17.3. The zero-order valence-corrected chi connectivity index (χ0v) is 14.7. The van der Waals surface area contributed by atoms with Crippen LogP contribution in [0.2, 0.25) is 0 Å². The molecule has 1 N–H and O–H groups in total. The molecule has 0 aliphatic heterocycles. The maximum absolute atomic E-state index is 12.2. The molecule has 0 atom stereocenters. The Hall–Kier alpha value is -2.45. The minimum atomic E-state index is -3.36. The lowest BCUT2D eigenvalue weighted by Crippen LogP contribution is -2.23. The number of nitrogens with zero attached hydrogens (tertiary/aromatic N) is 2. The lowest BCUT2D eigenvalue weighted by atomic mass is 10.2. The molecule has 8 heteroatoms. The summed E-state index contributed by atoms with van der Waals surface area (Å²) in [5.41, 5.74) is 3.74. The molecule has 124 valence electrons. The highest BCUT2D eigenvalue weighted by Gasteiger charge is 2.11. The van der Waals surface area contributed by atoms with Crippen LogP contribution < -0.4 is 10.2 Å². The van der Waals surface area contributed by atoms with Crippen LogP contribution in [0, 0.1) is 0 Å². The Labute approximate surface area is 143 Å². The number of rotatable bonds is 3. The van der Waals surface area contributed by atoms with E-state index in [-0.39, 0.29) is 10.5 Å². The summed E-state index contributed by atoms with van der Waals surface area (Å²) in [6.07, 6.45) is 1.10. The number of carbonyl (C=O) groups is 1. The van der Waals surface area contributed by atoms with Crippen LogP contribution in [0.3, 0.4) is 0 Å². The predicted octanol–water partition coefficient (Wildman–Crippen LogP) is 1.89. The standard InChI is InChI=1S/C16H15N3O3S2/c1-19-13-8-3-4-9-14(13)23-16(19)18-17-15(20)11-6-5-7-12(10-11)24(2,21)22/h3-10H,1-2H3,(H,17,20)/b18-16+. The molecule has 3 rings (SSSR count). The lowest BCUT2D eigenvalue weighted by Gasteiger charge is -2.02. The minimum Gasteiger partial charge on any atom is -0.318 e. The third kappa shape index (κ3) is 3.24. The van der Waals surface area contributed by atoms with Crippen molar-refractivity contribution < 1.29 is 13.2 Å². The van der Waals surface area contributed by atoms with Crippen molar-refractivity contribution >= 4 is 37.3 Å². The first-order chi connectivity index (χ1) is 11.4. The van der Waals surface area contributed by atoms with Gasteiger partial charge in [0.25, 0.3) is 5.91 Å². The third-order valence-corrected chi connectivity index (χ3v) is 5.72. The van der Waals surface area contributed by atoms with Crippen molar-refractivity contribution in [2.75, 3.05) is 6.26 Å². The fourth-order valence-electron chi connectivity index (χ4n) is 2.22. The molecule has 1 amide bonds. The Kier molecular flexibility index (Phi) is 4.25. The van der Waals surface area contributed by atoms with Crippen LogP contribution in [-0.4, -0.2) is 25.1 Å². The minimum absolute atomic E-state index is 0.0996. The second-order valence-corrected chi connectivity index (χ2v) is 8.29. The van der Waals surface area contributed by atoms with Crippen LogP contribution in [0.5, 0.6) is 0 Å². The van der Waals surface area contributed by atoms with Gasteiger partial charge in [0, 0.05) is 18.9 Å². The SMILES string of the molecule is Cn1/c(=N\NC(=O)c2cccc(S(C)(=O)=O)c2)sc2ccccc21. The van der Waals surface area contributed by atoms with E-state index in [1.54, 1.807) is 6.07 Å². The predicted molar refractivity (Wildman–Crippen MR) is 93.4 cm³/mol. The first-order valence-electron chi connectivity index (χ1n) is 7.05. The van der Waals surface area contributed by atoms with Gasteiger partial charge in [-0.25, -0.2) is 13.8 Å². The molecular weight excluding hydrogens is 346 g/mol. The van der Waals surface area contributed by atoms with Gasteiger partial charge in [0.2, 0.25) is 4.80 Å². The van der Waals surface area contributed by atoms with Gasteiger partial charge < -0.3 is 4.57 Å². The molecule has 0 fully saturated rings. The number of fused-ring (bicyclic) bond motifs is 1. The third-order valence-electron chi connectivity index (χ3n) is 3.49. The van der Waals surface area contributed by atoms with Gasteiger partial charge in [0.1, 0.15) is 0 Å². The molecule has 2 aromatic carbocycles. The summed E-state index contributed by atoms with van der Waals surface area (Å²) in [5.74, 6) is -0.460. The molecule has 0 aliphatic carbocycles. The number of aryl methyl sites for hydroxylation is 1. The van der Waals surface area contributed by atoms with Gasteiger partial charge >= 0.3 is 0 Å². The van der Waals surface area contributed by atoms with Crippen LogP contribution in [0.1, 0.15) is 10.4 Å². The van der Waals surface area contributed by atoms with Crippen LogP contribution in [0.4, 0.5) is 0 Å². The lowest BCUT2D eigenvalue weighted by molar-refractivity contribution is 0.0952. The normalized spacial score (nSPS) is 12.5. The van der Waals surface area contributed by atoms with Crippen LogP contribution in [0.25, 0.3) is 10.2 Å². The van der Waals surface area contributed by atoms with E-state index < -0.39 is 15.7 Å². The maximum atomic E-state index is 12.2. The number of thiazole rings is 1. The van der Waals surface area contributed by atoms with E-state index >= 15 is 0 Å². The number of hydrogen-bond donors (Lipinski definition) is 1. The topological polar surface area (TPSA) is 80.5 Å². The number of amides is 1. The molecule has 0 radical (unpaired) electrons. The highest BCUT2D eigenvalue weighted by molar-refractivity contribution is 7.90. The van der Waals surface area contributed by atoms with E-state index in [1.165, 1.54) is 29.5 Å². The number of sulfone groups is 1. The molecule has 1 aromatic heterocycles. The fraction of sp³-hybridized carbons (Fsp3) is 0.125. The smallest absolute Gasteiger partial charge is 0.271 e. The maximum Gasteiger partial charge on any atom is 0.271 e. The molecule has 24 heavy (non-hydrogen) atoms. The number of hydrogen-bond acceptors (Lipinski definition) is 5. The van der Waals surface area contributed by atoms with E-state index in [4.69, 9.17) is 0 Å². The van der Waals surface area contributed by atoms with Crippen LogP contribution >= 0.6 is 11.3 Å². The van der Waals surface area contributed by atoms with Gasteiger partial charge in [-0.3, -0.25) is 4.79 Å². The van der Waals surface area contributed by atoms with Crippen molar-refractivity contribution in [2.24, 2.45) is 12.1 Å². The van der Waals surface area contributed by atoms with Gasteiger partial charge in [-0.2, -0.15) is 0 Å². The molecule has 1 heterocycles. The summed E-state index contributed by atoms with van der Waals surface area (Å²) in [6.45, 7) is 0. The van der Waals surface area contributed by atoms with E-state index in [1.807, 2.05) is 35.9 Å². The van der Waals surface area contributed by atoms with E-state index in [2.05, 4.69) is 10.5 Å². The summed E-state index contributed by atoms with van der Waals surface area (Å²) in [5, 5.41) is 4.14. The summed E-state index contributed by atoms with van der Waals surface area (Å²) in [4.78, 5) is 13.0. The number of nitrogens with one attached hydrogen (secondary N) is 1. The first kappa shape index (κ1) is 16.4. The van der Waals surface area contributed by atoms with E-state index in [9.17, 15) is 13.2 Å². The van der Waals surface area contributed by atoms with Crippen molar-refractivity contribution in [1.29, 1.82) is 0 Å². The molecular formula is C16H15N3O3S2. The van der Waals surface area contributed by atoms with Gasteiger partial charge in [0.15, 0.2) is 9.84 Å². The van der Waals surface area contributed by atoms with Gasteiger partial charge in [-0.05, 0) is 30.3 Å². The average Bonchev–Trinajstić information content (AvgIpc) is 2.88. The first-order valence-corrected chi connectivity index (χ1v) is 9.76. The number of aromatic nitrogens is 1. The average molecular weight is 361 g/mol. The molecule has 0 aliphatic rings. The summed E-state index contributed by atoms with van der Waals surface area (Å²) in [7, 11) is -1.49. The van der Waals surface area contributed by atoms with E-state index in [0.29, 0.717) is 4.80 Å². The van der Waals surface area contributed by atoms with Crippen molar-refractivity contribution in [3.05, 3.63) is 58.9 Å². The quantitative estimate of drug-likeness (QED) is 0.724. The largest absolute Gasteiger partial charge is 0.318 e. The molecule has 0 saturated heterocycles. The Balaban J connectivity index is 1.91. The zero-order valence-electron chi connectivity index (χ0n) is 13.1. The highest BCUT2D eigenvalue weighted by atomic mass is 32.2. The molecule has 6 nitrogen and oxygen atoms in total.